The first-order chi connectivity index (χ1) is 9.09. The number of anilines is 1. The Labute approximate surface area is 114 Å². The summed E-state index contributed by atoms with van der Waals surface area (Å²) < 4.78 is 0. The molecule has 0 unspecified atom stereocenters. The van der Waals surface area contributed by atoms with Crippen LogP contribution < -0.4 is 10.6 Å². The first-order valence-electron chi connectivity index (χ1n) is 6.97. The van der Waals surface area contributed by atoms with E-state index in [2.05, 4.69) is 33.7 Å². The van der Waals surface area contributed by atoms with Gasteiger partial charge in [-0.2, -0.15) is 0 Å². The zero-order valence-corrected chi connectivity index (χ0v) is 11.6. The molecule has 1 saturated heterocycles. The van der Waals surface area contributed by atoms with Gasteiger partial charge < -0.3 is 10.6 Å². The second-order valence-corrected chi connectivity index (χ2v) is 5.86. The Morgan fingerprint density at radius 2 is 2.11 bits per heavy atom. The highest BCUT2D eigenvalue weighted by Gasteiger charge is 2.37. The normalized spacial score (nSPS) is 21.7. The first kappa shape index (κ1) is 12.5. The Bertz CT molecular complexity index is 510. The predicted octanol–water partition coefficient (Wildman–Crippen LogP) is 1.36. The van der Waals surface area contributed by atoms with Crippen LogP contribution in [-0.4, -0.2) is 36.0 Å². The van der Waals surface area contributed by atoms with Gasteiger partial charge in [0.2, 0.25) is 5.91 Å². The van der Waals surface area contributed by atoms with Crippen LogP contribution in [0.2, 0.25) is 0 Å². The van der Waals surface area contributed by atoms with Crippen molar-refractivity contribution >= 4 is 11.6 Å². The zero-order chi connectivity index (χ0) is 13.5. The molecule has 1 aromatic rings. The van der Waals surface area contributed by atoms with Crippen molar-refractivity contribution in [3.05, 3.63) is 29.3 Å². The summed E-state index contributed by atoms with van der Waals surface area (Å²) in [4.78, 5) is 14.2. The van der Waals surface area contributed by atoms with Crippen molar-refractivity contribution in [2.45, 2.75) is 32.4 Å². The van der Waals surface area contributed by atoms with Crippen LogP contribution in [0.5, 0.6) is 0 Å². The molecule has 1 amide bonds. The Morgan fingerprint density at radius 1 is 1.26 bits per heavy atom. The lowest BCUT2D eigenvalue weighted by Gasteiger charge is -2.41. The van der Waals surface area contributed by atoms with E-state index in [4.69, 9.17) is 0 Å². The minimum absolute atomic E-state index is 0.124. The summed E-state index contributed by atoms with van der Waals surface area (Å²) in [6.45, 7) is 7.50. The van der Waals surface area contributed by atoms with Gasteiger partial charge in [-0.15, -0.1) is 0 Å². The number of para-hydroxylation sites is 1. The number of benzene rings is 1. The largest absolute Gasteiger partial charge is 0.384 e. The number of rotatable bonds is 2. The molecule has 0 aliphatic carbocycles. The molecule has 2 N–H and O–H groups in total. The summed E-state index contributed by atoms with van der Waals surface area (Å²) in [5.41, 5.74) is 3.55. The van der Waals surface area contributed by atoms with Gasteiger partial charge in [0.1, 0.15) is 0 Å². The van der Waals surface area contributed by atoms with Crippen molar-refractivity contribution in [1.82, 2.24) is 10.2 Å². The van der Waals surface area contributed by atoms with Gasteiger partial charge in [-0.25, -0.2) is 0 Å². The number of carbonyl (C=O) groups is 1. The molecule has 1 aromatic carbocycles. The van der Waals surface area contributed by atoms with Crippen LogP contribution in [0, 0.1) is 0 Å². The van der Waals surface area contributed by atoms with Gasteiger partial charge in [0.25, 0.3) is 0 Å². The average molecular weight is 259 g/mol. The molecule has 0 saturated carbocycles. The highest BCUT2D eigenvalue weighted by Crippen LogP contribution is 2.29. The Kier molecular flexibility index (Phi) is 2.97. The lowest BCUT2D eigenvalue weighted by molar-refractivity contribution is -0.135. The summed E-state index contributed by atoms with van der Waals surface area (Å²) in [7, 11) is 0. The van der Waals surface area contributed by atoms with Crippen LogP contribution in [-0.2, 0) is 17.8 Å². The Morgan fingerprint density at radius 3 is 2.95 bits per heavy atom. The third-order valence-electron chi connectivity index (χ3n) is 4.31. The molecule has 19 heavy (non-hydrogen) atoms. The Balaban J connectivity index is 1.85. The zero-order valence-electron chi connectivity index (χ0n) is 11.6. The summed E-state index contributed by atoms with van der Waals surface area (Å²) >= 11 is 0. The van der Waals surface area contributed by atoms with Crippen LogP contribution in [0.15, 0.2) is 18.2 Å². The second-order valence-electron chi connectivity index (χ2n) is 5.86. The maximum Gasteiger partial charge on any atom is 0.240 e. The predicted molar refractivity (Wildman–Crippen MR) is 76.1 cm³/mol. The molecule has 0 bridgehead atoms. The molecule has 3 rings (SSSR count). The SMILES string of the molecule is CC1(C)C(=O)NCCN1Cc1cccc2c1NCC2. The number of carbonyl (C=O) groups excluding carboxylic acids is 1. The van der Waals surface area contributed by atoms with Crippen LogP contribution in [0.4, 0.5) is 5.69 Å². The van der Waals surface area contributed by atoms with Gasteiger partial charge >= 0.3 is 0 Å². The lowest BCUT2D eigenvalue weighted by atomic mass is 9.97. The van der Waals surface area contributed by atoms with Crippen molar-refractivity contribution in [3.8, 4) is 0 Å². The average Bonchev–Trinajstić information content (AvgIpc) is 2.84. The molecule has 4 heteroatoms. The molecule has 102 valence electrons. The standard InChI is InChI=1S/C15H21N3O/c1-15(2)14(19)17-8-9-18(15)10-12-5-3-4-11-6-7-16-13(11)12/h3-5,16H,6-10H2,1-2H3,(H,17,19). The minimum atomic E-state index is -0.431. The van der Waals surface area contributed by atoms with Gasteiger partial charge in [0.05, 0.1) is 5.54 Å². The van der Waals surface area contributed by atoms with E-state index in [9.17, 15) is 4.79 Å². The van der Waals surface area contributed by atoms with Crippen LogP contribution in [0.25, 0.3) is 0 Å². The van der Waals surface area contributed by atoms with Gasteiger partial charge in [-0.05, 0) is 31.4 Å². The molecule has 0 aromatic heterocycles. The number of hydrogen-bond donors (Lipinski definition) is 2. The molecular weight excluding hydrogens is 238 g/mol. The minimum Gasteiger partial charge on any atom is -0.384 e. The fourth-order valence-corrected chi connectivity index (χ4v) is 2.97. The van der Waals surface area contributed by atoms with E-state index in [1.165, 1.54) is 16.8 Å². The fourth-order valence-electron chi connectivity index (χ4n) is 2.97. The summed E-state index contributed by atoms with van der Waals surface area (Å²) in [6.07, 6.45) is 1.10. The molecule has 0 spiro atoms. The number of amides is 1. The highest BCUT2D eigenvalue weighted by atomic mass is 16.2. The van der Waals surface area contributed by atoms with Gasteiger partial charge in [-0.3, -0.25) is 9.69 Å². The molecular formula is C15H21N3O. The molecule has 0 radical (unpaired) electrons. The second kappa shape index (κ2) is 4.53. The van der Waals surface area contributed by atoms with Gasteiger partial charge in [-0.1, -0.05) is 18.2 Å². The smallest absolute Gasteiger partial charge is 0.240 e. The lowest BCUT2D eigenvalue weighted by Crippen LogP contribution is -2.61. The summed E-state index contributed by atoms with van der Waals surface area (Å²) in [5, 5.41) is 6.41. The number of nitrogens with one attached hydrogen (secondary N) is 2. The maximum atomic E-state index is 12.0. The highest BCUT2D eigenvalue weighted by molar-refractivity contribution is 5.86. The van der Waals surface area contributed by atoms with E-state index in [0.29, 0.717) is 0 Å². The van der Waals surface area contributed by atoms with E-state index in [1.807, 2.05) is 13.8 Å². The number of hydrogen-bond acceptors (Lipinski definition) is 3. The fraction of sp³-hybridized carbons (Fsp3) is 0.533. The van der Waals surface area contributed by atoms with Gasteiger partial charge in [0.15, 0.2) is 0 Å². The molecule has 2 aliphatic heterocycles. The van der Waals surface area contributed by atoms with E-state index >= 15 is 0 Å². The van der Waals surface area contributed by atoms with Crippen molar-refractivity contribution in [2.24, 2.45) is 0 Å². The maximum absolute atomic E-state index is 12.0. The van der Waals surface area contributed by atoms with E-state index in [-0.39, 0.29) is 5.91 Å². The van der Waals surface area contributed by atoms with Crippen LogP contribution >= 0.6 is 0 Å². The topological polar surface area (TPSA) is 44.4 Å². The monoisotopic (exact) mass is 259 g/mol. The third-order valence-corrected chi connectivity index (χ3v) is 4.31. The van der Waals surface area contributed by atoms with Crippen molar-refractivity contribution < 1.29 is 4.79 Å². The molecule has 0 atom stereocenters. The van der Waals surface area contributed by atoms with E-state index < -0.39 is 5.54 Å². The molecule has 4 nitrogen and oxygen atoms in total. The molecule has 2 heterocycles. The summed E-state index contributed by atoms with van der Waals surface area (Å²) in [5.74, 6) is 0.124. The Hall–Kier alpha value is -1.55. The van der Waals surface area contributed by atoms with Crippen molar-refractivity contribution in [3.63, 3.8) is 0 Å². The first-order valence-corrected chi connectivity index (χ1v) is 6.97. The number of piperazine rings is 1. The quantitative estimate of drug-likeness (QED) is 0.843. The molecule has 1 fully saturated rings. The van der Waals surface area contributed by atoms with Gasteiger partial charge in [0, 0.05) is 31.9 Å². The van der Waals surface area contributed by atoms with E-state index in [0.717, 1.165) is 32.6 Å². The van der Waals surface area contributed by atoms with E-state index in [1.54, 1.807) is 0 Å². The third kappa shape index (κ3) is 2.10. The van der Waals surface area contributed by atoms with Crippen LogP contribution in [0.1, 0.15) is 25.0 Å². The number of fused-ring (bicyclic) bond motifs is 1. The van der Waals surface area contributed by atoms with Crippen LogP contribution in [0.3, 0.4) is 0 Å². The van der Waals surface area contributed by atoms with Crippen molar-refractivity contribution in [2.75, 3.05) is 25.0 Å². The summed E-state index contributed by atoms with van der Waals surface area (Å²) in [6, 6.07) is 6.48. The van der Waals surface area contributed by atoms with Crippen molar-refractivity contribution in [1.29, 1.82) is 0 Å². The molecule has 2 aliphatic rings. The number of nitrogens with zero attached hydrogens (tertiary/aromatic N) is 1.